The van der Waals surface area contributed by atoms with Crippen molar-refractivity contribution < 1.29 is 4.74 Å². The number of hydrogen-bond acceptors (Lipinski definition) is 4. The van der Waals surface area contributed by atoms with Gasteiger partial charge in [-0.1, -0.05) is 0 Å². The number of nitrogens with one attached hydrogen (secondary N) is 1. The smallest absolute Gasteiger partial charge is 0.0521 e. The van der Waals surface area contributed by atoms with Crippen molar-refractivity contribution in [3.63, 3.8) is 0 Å². The number of likely N-dealkylation sites (tertiary alicyclic amines) is 1. The molecule has 0 amide bonds. The van der Waals surface area contributed by atoms with E-state index in [1.165, 1.54) is 32.5 Å². The highest BCUT2D eigenvalue weighted by Crippen LogP contribution is 2.20. The Bertz CT molecular complexity index is 247. The van der Waals surface area contributed by atoms with Crippen LogP contribution in [0.4, 0.5) is 0 Å². The van der Waals surface area contributed by atoms with Crippen molar-refractivity contribution in [2.75, 3.05) is 54.0 Å². The van der Waals surface area contributed by atoms with E-state index in [0.29, 0.717) is 12.0 Å². The predicted molar refractivity (Wildman–Crippen MR) is 74.9 cm³/mol. The molecule has 2 heterocycles. The van der Waals surface area contributed by atoms with Crippen LogP contribution in [0.3, 0.4) is 0 Å². The van der Waals surface area contributed by atoms with Gasteiger partial charge in [-0.15, -0.1) is 0 Å². The highest BCUT2D eigenvalue weighted by Gasteiger charge is 2.29. The summed E-state index contributed by atoms with van der Waals surface area (Å²) in [6.45, 7) is 5.52. The van der Waals surface area contributed by atoms with Crippen LogP contribution in [0.15, 0.2) is 0 Å². The molecule has 4 nitrogen and oxygen atoms in total. The van der Waals surface area contributed by atoms with Crippen LogP contribution >= 0.6 is 0 Å². The number of likely N-dealkylation sites (N-methyl/N-ethyl adjacent to an activating group) is 1. The van der Waals surface area contributed by atoms with Crippen LogP contribution in [0.1, 0.15) is 19.3 Å². The third-order valence-electron chi connectivity index (χ3n) is 4.55. The first-order chi connectivity index (χ1) is 8.70. The molecule has 4 heteroatoms. The maximum absolute atomic E-state index is 5.65. The zero-order valence-electron chi connectivity index (χ0n) is 12.2. The summed E-state index contributed by atoms with van der Waals surface area (Å²) in [6, 6.07) is 1.37. The van der Waals surface area contributed by atoms with Crippen LogP contribution in [0.25, 0.3) is 0 Å². The molecule has 2 rings (SSSR count). The lowest BCUT2D eigenvalue weighted by molar-refractivity contribution is 0.0101. The van der Waals surface area contributed by atoms with Crippen molar-refractivity contribution in [3.05, 3.63) is 0 Å². The summed E-state index contributed by atoms with van der Waals surface area (Å²) in [7, 11) is 6.49. The first kappa shape index (κ1) is 14.3. The Morgan fingerprint density at radius 2 is 2.17 bits per heavy atom. The molecule has 0 bridgehead atoms. The molecule has 2 saturated heterocycles. The monoisotopic (exact) mass is 255 g/mol. The molecule has 0 aromatic carbocycles. The van der Waals surface area contributed by atoms with E-state index in [-0.39, 0.29) is 0 Å². The van der Waals surface area contributed by atoms with Crippen LogP contribution in [0.2, 0.25) is 0 Å². The second-order valence-corrected chi connectivity index (χ2v) is 6.04. The van der Waals surface area contributed by atoms with E-state index in [4.69, 9.17) is 4.74 Å². The minimum Gasteiger partial charge on any atom is -0.381 e. The fourth-order valence-corrected chi connectivity index (χ4v) is 3.31. The summed E-state index contributed by atoms with van der Waals surface area (Å²) in [5.74, 6) is 0.657. The third-order valence-corrected chi connectivity index (χ3v) is 4.55. The third kappa shape index (κ3) is 3.67. The predicted octanol–water partition coefficient (Wildman–Crippen LogP) is 0.637. The first-order valence-corrected chi connectivity index (χ1v) is 7.34. The minimum atomic E-state index is 0.637. The first-order valence-electron chi connectivity index (χ1n) is 7.34. The normalized spacial score (nSPS) is 35.0. The van der Waals surface area contributed by atoms with Gasteiger partial charge >= 0.3 is 0 Å². The molecule has 2 aliphatic heterocycles. The topological polar surface area (TPSA) is 27.7 Å². The molecule has 3 unspecified atom stereocenters. The highest BCUT2D eigenvalue weighted by molar-refractivity contribution is 4.84. The summed E-state index contributed by atoms with van der Waals surface area (Å²) >= 11 is 0. The molecule has 0 spiro atoms. The molecule has 0 aromatic rings. The molecule has 3 atom stereocenters. The molecular formula is C14H29N3O. The van der Waals surface area contributed by atoms with Crippen LogP contribution in [0.5, 0.6) is 0 Å². The van der Waals surface area contributed by atoms with Crippen molar-refractivity contribution in [2.24, 2.45) is 5.92 Å². The summed E-state index contributed by atoms with van der Waals surface area (Å²) in [5.41, 5.74) is 0. The van der Waals surface area contributed by atoms with Crippen molar-refractivity contribution in [1.29, 1.82) is 0 Å². The Labute approximate surface area is 112 Å². The SMILES string of the molecule is CNC1CCOCC1CN1CCCC(N(C)C)C1. The van der Waals surface area contributed by atoms with Gasteiger partial charge in [-0.2, -0.15) is 0 Å². The van der Waals surface area contributed by atoms with E-state index in [9.17, 15) is 0 Å². The molecule has 0 saturated carbocycles. The average Bonchev–Trinajstić information content (AvgIpc) is 2.39. The maximum Gasteiger partial charge on any atom is 0.0521 e. The van der Waals surface area contributed by atoms with Crippen LogP contribution in [-0.4, -0.2) is 75.9 Å². The molecule has 0 radical (unpaired) electrons. The van der Waals surface area contributed by atoms with Crippen LogP contribution < -0.4 is 5.32 Å². The van der Waals surface area contributed by atoms with Gasteiger partial charge in [-0.3, -0.25) is 0 Å². The Morgan fingerprint density at radius 1 is 1.33 bits per heavy atom. The fraction of sp³-hybridized carbons (Fsp3) is 1.00. The summed E-state index contributed by atoms with van der Waals surface area (Å²) < 4.78 is 5.65. The second-order valence-electron chi connectivity index (χ2n) is 6.04. The Hall–Kier alpha value is -0.160. The fourth-order valence-electron chi connectivity index (χ4n) is 3.31. The van der Waals surface area contributed by atoms with E-state index >= 15 is 0 Å². The summed E-state index contributed by atoms with van der Waals surface area (Å²) in [4.78, 5) is 5.01. The quantitative estimate of drug-likeness (QED) is 0.798. The van der Waals surface area contributed by atoms with E-state index in [2.05, 4.69) is 36.3 Å². The average molecular weight is 255 g/mol. The van der Waals surface area contributed by atoms with Crippen LogP contribution in [0, 0.1) is 5.92 Å². The largest absolute Gasteiger partial charge is 0.381 e. The van der Waals surface area contributed by atoms with Crippen molar-refractivity contribution in [1.82, 2.24) is 15.1 Å². The zero-order chi connectivity index (χ0) is 13.0. The van der Waals surface area contributed by atoms with E-state index < -0.39 is 0 Å². The standard InChI is InChI=1S/C14H29N3O/c1-15-14-6-8-18-11-12(14)9-17-7-4-5-13(10-17)16(2)3/h12-15H,4-11H2,1-3H3. The van der Waals surface area contributed by atoms with Gasteiger partial charge in [0.1, 0.15) is 0 Å². The number of rotatable bonds is 4. The highest BCUT2D eigenvalue weighted by atomic mass is 16.5. The van der Waals surface area contributed by atoms with Gasteiger partial charge in [0.15, 0.2) is 0 Å². The molecule has 0 aliphatic carbocycles. The molecule has 1 N–H and O–H groups in total. The number of ether oxygens (including phenoxy) is 1. The van der Waals surface area contributed by atoms with Gasteiger partial charge in [-0.05, 0) is 47.0 Å². The van der Waals surface area contributed by atoms with E-state index in [1.54, 1.807) is 0 Å². The van der Waals surface area contributed by atoms with E-state index in [0.717, 1.165) is 25.7 Å². The molecule has 18 heavy (non-hydrogen) atoms. The Morgan fingerprint density at radius 3 is 2.89 bits per heavy atom. The summed E-state index contributed by atoms with van der Waals surface area (Å²) in [6.07, 6.45) is 3.84. The molecule has 2 aliphatic rings. The maximum atomic E-state index is 5.65. The Balaban J connectivity index is 1.84. The van der Waals surface area contributed by atoms with Gasteiger partial charge in [0.25, 0.3) is 0 Å². The van der Waals surface area contributed by atoms with Crippen molar-refractivity contribution in [3.8, 4) is 0 Å². The van der Waals surface area contributed by atoms with E-state index in [1.807, 2.05) is 0 Å². The van der Waals surface area contributed by atoms with Gasteiger partial charge < -0.3 is 19.9 Å². The molecule has 0 aromatic heterocycles. The minimum absolute atomic E-state index is 0.637. The molecule has 2 fully saturated rings. The van der Waals surface area contributed by atoms with Crippen LogP contribution in [-0.2, 0) is 4.74 Å². The van der Waals surface area contributed by atoms with Crippen molar-refractivity contribution in [2.45, 2.75) is 31.3 Å². The van der Waals surface area contributed by atoms with Gasteiger partial charge in [-0.25, -0.2) is 0 Å². The van der Waals surface area contributed by atoms with Gasteiger partial charge in [0.2, 0.25) is 0 Å². The lowest BCUT2D eigenvalue weighted by Gasteiger charge is -2.40. The lowest BCUT2D eigenvalue weighted by atomic mass is 9.94. The number of nitrogens with zero attached hydrogens (tertiary/aromatic N) is 2. The van der Waals surface area contributed by atoms with Crippen molar-refractivity contribution >= 4 is 0 Å². The number of piperidine rings is 1. The molecular weight excluding hydrogens is 226 g/mol. The number of hydrogen-bond donors (Lipinski definition) is 1. The zero-order valence-corrected chi connectivity index (χ0v) is 12.2. The Kier molecular flexibility index (Phi) is 5.42. The second kappa shape index (κ2) is 6.85. The molecule has 106 valence electrons. The van der Waals surface area contributed by atoms with Gasteiger partial charge in [0, 0.05) is 37.7 Å². The van der Waals surface area contributed by atoms with Gasteiger partial charge in [0.05, 0.1) is 6.61 Å². The summed E-state index contributed by atoms with van der Waals surface area (Å²) in [5, 5.41) is 3.46. The lowest BCUT2D eigenvalue weighted by Crippen LogP contribution is -2.51.